The molecule has 1 aromatic heterocycles. The number of halogens is 1. The summed E-state index contributed by atoms with van der Waals surface area (Å²) in [6, 6.07) is 11.2. The summed E-state index contributed by atoms with van der Waals surface area (Å²) in [5, 5.41) is 6.17. The Labute approximate surface area is 143 Å². The van der Waals surface area contributed by atoms with Gasteiger partial charge in [-0.25, -0.2) is 4.39 Å². The fourth-order valence-corrected chi connectivity index (χ4v) is 2.17. The quantitative estimate of drug-likeness (QED) is 0.768. The minimum Gasteiger partial charge on any atom is -0.483 e. The molecule has 0 radical (unpaired) electrons. The van der Waals surface area contributed by atoms with E-state index in [1.54, 1.807) is 6.07 Å². The number of rotatable bonds is 5. The van der Waals surface area contributed by atoms with Gasteiger partial charge in [-0.1, -0.05) is 12.1 Å². The largest absolute Gasteiger partial charge is 0.483 e. The summed E-state index contributed by atoms with van der Waals surface area (Å²) >= 11 is 0. The maximum absolute atomic E-state index is 12.9. The zero-order valence-corrected chi connectivity index (χ0v) is 13.7. The fraction of sp³-hybridized carbons (Fsp3) is 0.167. The Morgan fingerprint density at radius 1 is 1.20 bits per heavy atom. The van der Waals surface area contributed by atoms with E-state index >= 15 is 0 Å². The highest BCUT2D eigenvalue weighted by Crippen LogP contribution is 2.21. The van der Waals surface area contributed by atoms with Crippen LogP contribution in [0.2, 0.25) is 0 Å². The fourth-order valence-electron chi connectivity index (χ4n) is 2.17. The number of aryl methyl sites for hydroxylation is 1. The summed E-state index contributed by atoms with van der Waals surface area (Å²) in [7, 11) is 0. The van der Waals surface area contributed by atoms with Crippen molar-refractivity contribution in [1.29, 1.82) is 0 Å². The van der Waals surface area contributed by atoms with Gasteiger partial charge in [0.2, 0.25) is 0 Å². The average Bonchev–Trinajstić information content (AvgIpc) is 3.05. The zero-order valence-electron chi connectivity index (χ0n) is 13.7. The molecule has 0 aliphatic heterocycles. The molecule has 7 heteroatoms. The molecule has 1 amide bonds. The first-order chi connectivity index (χ1) is 12.0. The first-order valence-corrected chi connectivity index (χ1v) is 7.61. The number of nitrogens with one attached hydrogen (secondary N) is 1. The van der Waals surface area contributed by atoms with Crippen LogP contribution in [-0.2, 0) is 4.79 Å². The summed E-state index contributed by atoms with van der Waals surface area (Å²) in [5.74, 6) is 0.0858. The number of anilines is 1. The van der Waals surface area contributed by atoms with Crippen molar-refractivity contribution in [3.05, 3.63) is 59.4 Å². The van der Waals surface area contributed by atoms with Crippen molar-refractivity contribution in [2.45, 2.75) is 13.8 Å². The monoisotopic (exact) mass is 341 g/mol. The number of hydrogen-bond donors (Lipinski definition) is 1. The van der Waals surface area contributed by atoms with Gasteiger partial charge in [-0.3, -0.25) is 10.1 Å². The van der Waals surface area contributed by atoms with Crippen molar-refractivity contribution >= 4 is 11.9 Å². The molecule has 0 saturated heterocycles. The Kier molecular flexibility index (Phi) is 4.74. The molecule has 0 aliphatic rings. The van der Waals surface area contributed by atoms with E-state index in [-0.39, 0.29) is 24.3 Å². The molecule has 0 bridgehead atoms. The second kappa shape index (κ2) is 7.12. The number of carbonyl (C=O) groups is 1. The molecular formula is C18H16FN3O3. The van der Waals surface area contributed by atoms with Gasteiger partial charge in [-0.15, -0.1) is 0 Å². The molecule has 3 rings (SSSR count). The van der Waals surface area contributed by atoms with E-state index in [1.165, 1.54) is 24.3 Å². The number of benzene rings is 2. The van der Waals surface area contributed by atoms with Gasteiger partial charge in [0, 0.05) is 5.56 Å². The minimum absolute atomic E-state index is 0.0221. The maximum atomic E-state index is 12.9. The number of amides is 1. The maximum Gasteiger partial charge on any atom is 0.270 e. The molecule has 6 nitrogen and oxygen atoms in total. The van der Waals surface area contributed by atoms with E-state index < -0.39 is 5.91 Å². The summed E-state index contributed by atoms with van der Waals surface area (Å²) < 4.78 is 23.5. The normalized spacial score (nSPS) is 10.5. The van der Waals surface area contributed by atoms with Gasteiger partial charge in [-0.05, 0) is 60.5 Å². The van der Waals surface area contributed by atoms with E-state index in [0.717, 1.165) is 11.1 Å². The van der Waals surface area contributed by atoms with Crippen LogP contribution in [0.1, 0.15) is 11.1 Å². The van der Waals surface area contributed by atoms with Crippen LogP contribution in [0.15, 0.2) is 47.0 Å². The third-order valence-electron chi connectivity index (χ3n) is 3.68. The summed E-state index contributed by atoms with van der Waals surface area (Å²) in [5.41, 5.74) is 2.62. The molecule has 128 valence electrons. The van der Waals surface area contributed by atoms with Crippen molar-refractivity contribution in [2.75, 3.05) is 11.9 Å². The Morgan fingerprint density at radius 3 is 2.72 bits per heavy atom. The predicted octanol–water partition coefficient (Wildman–Crippen LogP) is 3.51. The Hall–Kier alpha value is -3.22. The molecular weight excluding hydrogens is 325 g/mol. The standard InChI is InChI=1S/C18H16FN3O3/c1-11-4-3-5-15(12(11)2)24-10-16(23)20-18-21-17(25-22-18)13-6-8-14(19)9-7-13/h3-9H,10H2,1-2H3,(H,20,22,23). The lowest BCUT2D eigenvalue weighted by Gasteiger charge is -2.09. The molecule has 0 atom stereocenters. The van der Waals surface area contributed by atoms with E-state index in [4.69, 9.17) is 9.26 Å². The Balaban J connectivity index is 1.60. The Morgan fingerprint density at radius 2 is 1.96 bits per heavy atom. The van der Waals surface area contributed by atoms with Crippen LogP contribution in [0.4, 0.5) is 10.3 Å². The van der Waals surface area contributed by atoms with Crippen molar-refractivity contribution in [1.82, 2.24) is 10.1 Å². The summed E-state index contributed by atoms with van der Waals surface area (Å²) in [6.07, 6.45) is 0. The van der Waals surface area contributed by atoms with Gasteiger partial charge in [0.05, 0.1) is 0 Å². The summed E-state index contributed by atoms with van der Waals surface area (Å²) in [6.45, 7) is 3.72. The highest BCUT2D eigenvalue weighted by Gasteiger charge is 2.12. The van der Waals surface area contributed by atoms with E-state index in [0.29, 0.717) is 11.3 Å². The van der Waals surface area contributed by atoms with E-state index in [1.807, 2.05) is 26.0 Å². The minimum atomic E-state index is -0.410. The van der Waals surface area contributed by atoms with Crippen LogP contribution in [0.25, 0.3) is 11.5 Å². The van der Waals surface area contributed by atoms with Crippen molar-refractivity contribution < 1.29 is 18.4 Å². The molecule has 0 saturated carbocycles. The second-order valence-electron chi connectivity index (χ2n) is 5.46. The molecule has 0 unspecified atom stereocenters. The molecule has 0 aliphatic carbocycles. The average molecular weight is 341 g/mol. The number of hydrogen-bond acceptors (Lipinski definition) is 5. The highest BCUT2D eigenvalue weighted by atomic mass is 19.1. The Bertz CT molecular complexity index is 891. The van der Waals surface area contributed by atoms with Crippen LogP contribution in [0.3, 0.4) is 0 Å². The summed E-state index contributed by atoms with van der Waals surface area (Å²) in [4.78, 5) is 16.0. The predicted molar refractivity (Wildman–Crippen MR) is 89.7 cm³/mol. The molecule has 1 N–H and O–H groups in total. The molecule has 3 aromatic rings. The third kappa shape index (κ3) is 4.00. The lowest BCUT2D eigenvalue weighted by molar-refractivity contribution is -0.118. The van der Waals surface area contributed by atoms with Crippen LogP contribution in [0, 0.1) is 19.7 Å². The van der Waals surface area contributed by atoms with Gasteiger partial charge in [0.25, 0.3) is 17.7 Å². The number of carbonyl (C=O) groups excluding carboxylic acids is 1. The van der Waals surface area contributed by atoms with Crippen LogP contribution in [-0.4, -0.2) is 22.7 Å². The number of aromatic nitrogens is 2. The smallest absolute Gasteiger partial charge is 0.270 e. The van der Waals surface area contributed by atoms with Gasteiger partial charge < -0.3 is 9.26 Å². The molecule has 2 aromatic carbocycles. The second-order valence-corrected chi connectivity index (χ2v) is 5.46. The van der Waals surface area contributed by atoms with Crippen LogP contribution < -0.4 is 10.1 Å². The molecule has 0 fully saturated rings. The SMILES string of the molecule is Cc1cccc(OCC(=O)Nc2noc(-c3ccc(F)cc3)n2)c1C. The van der Waals surface area contributed by atoms with E-state index in [9.17, 15) is 9.18 Å². The van der Waals surface area contributed by atoms with Gasteiger partial charge in [0.1, 0.15) is 11.6 Å². The topological polar surface area (TPSA) is 77.2 Å². The molecule has 0 spiro atoms. The first kappa shape index (κ1) is 16.6. The first-order valence-electron chi connectivity index (χ1n) is 7.61. The van der Waals surface area contributed by atoms with Gasteiger partial charge in [0.15, 0.2) is 6.61 Å². The van der Waals surface area contributed by atoms with Gasteiger partial charge >= 0.3 is 0 Å². The van der Waals surface area contributed by atoms with Crippen LogP contribution >= 0.6 is 0 Å². The van der Waals surface area contributed by atoms with Crippen LogP contribution in [0.5, 0.6) is 5.75 Å². The van der Waals surface area contributed by atoms with Crippen molar-refractivity contribution in [2.24, 2.45) is 0 Å². The van der Waals surface area contributed by atoms with E-state index in [2.05, 4.69) is 15.5 Å². The van der Waals surface area contributed by atoms with Crippen molar-refractivity contribution in [3.63, 3.8) is 0 Å². The molecule has 25 heavy (non-hydrogen) atoms. The van der Waals surface area contributed by atoms with Gasteiger partial charge in [-0.2, -0.15) is 4.98 Å². The highest BCUT2D eigenvalue weighted by molar-refractivity contribution is 5.90. The zero-order chi connectivity index (χ0) is 17.8. The lowest BCUT2D eigenvalue weighted by atomic mass is 10.1. The lowest BCUT2D eigenvalue weighted by Crippen LogP contribution is -2.21. The van der Waals surface area contributed by atoms with Crippen molar-refractivity contribution in [3.8, 4) is 17.2 Å². The molecule has 1 heterocycles. The number of nitrogens with zero attached hydrogens (tertiary/aromatic N) is 2. The third-order valence-corrected chi connectivity index (χ3v) is 3.68. The number of ether oxygens (including phenoxy) is 1.